The van der Waals surface area contributed by atoms with E-state index in [9.17, 15) is 13.9 Å². The first-order valence-corrected chi connectivity index (χ1v) is 6.22. The number of rotatable bonds is 6. The molecule has 0 rings (SSSR count). The van der Waals surface area contributed by atoms with Crippen LogP contribution in [-0.2, 0) is 0 Å². The van der Waals surface area contributed by atoms with Crippen molar-refractivity contribution >= 4 is 0 Å². The highest BCUT2D eigenvalue weighted by Gasteiger charge is 2.34. The van der Waals surface area contributed by atoms with Gasteiger partial charge in [0.05, 0.1) is 0 Å². The molecule has 0 amide bonds. The van der Waals surface area contributed by atoms with Crippen LogP contribution in [0.15, 0.2) is 12.2 Å². The van der Waals surface area contributed by atoms with Crippen molar-refractivity contribution in [2.75, 3.05) is 6.61 Å². The monoisotopic (exact) mass is 248 g/mol. The summed E-state index contributed by atoms with van der Waals surface area (Å²) in [6, 6.07) is 0. The predicted molar refractivity (Wildman–Crippen MR) is 68.2 cm³/mol. The number of halogens is 2. The Bertz CT molecular complexity index is 253. The van der Waals surface area contributed by atoms with E-state index in [0.29, 0.717) is 0 Å². The van der Waals surface area contributed by atoms with Gasteiger partial charge in [-0.1, -0.05) is 46.8 Å². The van der Waals surface area contributed by atoms with E-state index in [0.717, 1.165) is 5.57 Å². The van der Waals surface area contributed by atoms with E-state index >= 15 is 0 Å². The molecule has 0 aliphatic carbocycles. The Balaban J connectivity index is 4.74. The molecule has 0 aromatic rings. The molecule has 0 saturated heterocycles. The van der Waals surface area contributed by atoms with Gasteiger partial charge < -0.3 is 5.11 Å². The molecule has 3 heteroatoms. The van der Waals surface area contributed by atoms with Crippen LogP contribution in [0.1, 0.15) is 47.5 Å². The van der Waals surface area contributed by atoms with Crippen molar-refractivity contribution in [2.24, 2.45) is 17.3 Å². The fraction of sp³-hybridized carbons (Fsp3) is 0.857. The lowest BCUT2D eigenvalue weighted by atomic mass is 9.73. The molecule has 1 nitrogen and oxygen atoms in total. The molecular weight excluding hydrogens is 222 g/mol. The van der Waals surface area contributed by atoms with Gasteiger partial charge in [-0.25, -0.2) is 8.78 Å². The lowest BCUT2D eigenvalue weighted by Gasteiger charge is -2.33. The maximum Gasteiger partial charge on any atom is 0.248 e. The van der Waals surface area contributed by atoms with Crippen LogP contribution in [0.4, 0.5) is 8.78 Å². The van der Waals surface area contributed by atoms with Gasteiger partial charge in [0.2, 0.25) is 5.92 Å². The Morgan fingerprint density at radius 3 is 2.06 bits per heavy atom. The van der Waals surface area contributed by atoms with Crippen LogP contribution in [0.2, 0.25) is 0 Å². The summed E-state index contributed by atoms with van der Waals surface area (Å²) in [5, 5.41) is 9.28. The molecule has 0 saturated carbocycles. The van der Waals surface area contributed by atoms with Gasteiger partial charge >= 0.3 is 0 Å². The van der Waals surface area contributed by atoms with Gasteiger partial charge in [0.15, 0.2) is 0 Å². The normalized spacial score (nSPS) is 16.7. The van der Waals surface area contributed by atoms with Crippen molar-refractivity contribution in [3.63, 3.8) is 0 Å². The standard InChI is InChI=1S/C14H26F2O/c1-7-14(15,16)8-12(9-17)10(2)11(3)13(4,5)6/h11-12,17H,2,7-9H2,1,3-6H3/t11?,12-/m1/s1. The topological polar surface area (TPSA) is 20.2 Å². The molecule has 0 aliphatic rings. The molecular formula is C14H26F2O. The lowest BCUT2D eigenvalue weighted by Crippen LogP contribution is -2.29. The first-order valence-electron chi connectivity index (χ1n) is 6.22. The average Bonchev–Trinajstić information content (AvgIpc) is 2.22. The van der Waals surface area contributed by atoms with Crippen molar-refractivity contribution < 1.29 is 13.9 Å². The minimum absolute atomic E-state index is 0.0218. The summed E-state index contributed by atoms with van der Waals surface area (Å²) in [6.07, 6.45) is -0.500. The molecule has 102 valence electrons. The van der Waals surface area contributed by atoms with Gasteiger partial charge in [-0.3, -0.25) is 0 Å². The van der Waals surface area contributed by atoms with Crippen molar-refractivity contribution in [1.29, 1.82) is 0 Å². The summed E-state index contributed by atoms with van der Waals surface area (Å²) in [4.78, 5) is 0. The van der Waals surface area contributed by atoms with Gasteiger partial charge in [-0.2, -0.15) is 0 Å². The van der Waals surface area contributed by atoms with E-state index in [1.54, 1.807) is 0 Å². The van der Waals surface area contributed by atoms with Crippen LogP contribution in [-0.4, -0.2) is 17.6 Å². The molecule has 0 radical (unpaired) electrons. The number of hydrogen-bond acceptors (Lipinski definition) is 1. The Kier molecular flexibility index (Phi) is 5.79. The van der Waals surface area contributed by atoms with E-state index < -0.39 is 11.8 Å². The summed E-state index contributed by atoms with van der Waals surface area (Å²) in [6.45, 7) is 13.3. The zero-order valence-electron chi connectivity index (χ0n) is 11.7. The number of aliphatic hydroxyl groups is 1. The largest absolute Gasteiger partial charge is 0.396 e. The fourth-order valence-electron chi connectivity index (χ4n) is 1.73. The van der Waals surface area contributed by atoms with Gasteiger partial charge in [-0.15, -0.1) is 0 Å². The number of aliphatic hydroxyl groups excluding tert-OH is 1. The van der Waals surface area contributed by atoms with Crippen molar-refractivity contribution in [2.45, 2.75) is 53.4 Å². The first-order chi connectivity index (χ1) is 7.55. The quantitative estimate of drug-likeness (QED) is 0.696. The minimum Gasteiger partial charge on any atom is -0.396 e. The Morgan fingerprint density at radius 1 is 1.29 bits per heavy atom. The smallest absolute Gasteiger partial charge is 0.248 e. The van der Waals surface area contributed by atoms with Crippen LogP contribution < -0.4 is 0 Å². The zero-order valence-corrected chi connectivity index (χ0v) is 11.7. The molecule has 1 unspecified atom stereocenters. The third kappa shape index (κ3) is 5.15. The highest BCUT2D eigenvalue weighted by atomic mass is 19.3. The number of alkyl halides is 2. The van der Waals surface area contributed by atoms with E-state index in [2.05, 4.69) is 27.4 Å². The summed E-state index contributed by atoms with van der Waals surface area (Å²) < 4.78 is 26.7. The van der Waals surface area contributed by atoms with Gasteiger partial charge in [-0.05, 0) is 11.3 Å². The molecule has 0 fully saturated rings. The molecule has 17 heavy (non-hydrogen) atoms. The molecule has 0 aromatic carbocycles. The second-order valence-corrected chi connectivity index (χ2v) is 5.96. The van der Waals surface area contributed by atoms with Crippen molar-refractivity contribution in [1.82, 2.24) is 0 Å². The first kappa shape index (κ1) is 16.6. The molecule has 0 heterocycles. The molecule has 2 atom stereocenters. The average molecular weight is 248 g/mol. The lowest BCUT2D eigenvalue weighted by molar-refractivity contribution is -0.0301. The highest BCUT2D eigenvalue weighted by Crippen LogP contribution is 2.38. The van der Waals surface area contributed by atoms with Gasteiger partial charge in [0.1, 0.15) is 0 Å². The van der Waals surface area contributed by atoms with E-state index in [1.165, 1.54) is 6.92 Å². The van der Waals surface area contributed by atoms with E-state index in [1.807, 2.05) is 6.92 Å². The van der Waals surface area contributed by atoms with Gasteiger partial charge in [0.25, 0.3) is 0 Å². The van der Waals surface area contributed by atoms with Crippen LogP contribution in [0, 0.1) is 17.3 Å². The zero-order chi connectivity index (χ0) is 13.9. The summed E-state index contributed by atoms with van der Waals surface area (Å²) in [5.41, 5.74) is 0.708. The Labute approximate surface area is 104 Å². The maximum absolute atomic E-state index is 13.4. The van der Waals surface area contributed by atoms with Gasteiger partial charge in [0, 0.05) is 25.4 Å². The second kappa shape index (κ2) is 5.94. The van der Waals surface area contributed by atoms with Crippen LogP contribution in [0.5, 0.6) is 0 Å². The highest BCUT2D eigenvalue weighted by molar-refractivity contribution is 5.09. The SMILES string of the molecule is C=C(C(C)C(C)(C)C)[C@@H](CO)CC(F)(F)CC. The number of hydrogen-bond donors (Lipinski definition) is 1. The third-order valence-corrected chi connectivity index (χ3v) is 3.66. The predicted octanol–water partition coefficient (Wildman–Crippen LogP) is 4.27. The molecule has 1 N–H and O–H groups in total. The summed E-state index contributed by atoms with van der Waals surface area (Å²) in [5.74, 6) is -3.13. The Morgan fingerprint density at radius 2 is 1.76 bits per heavy atom. The van der Waals surface area contributed by atoms with Crippen molar-refractivity contribution in [3.05, 3.63) is 12.2 Å². The molecule has 0 aliphatic heterocycles. The minimum atomic E-state index is -2.71. The molecule has 0 spiro atoms. The van der Waals surface area contributed by atoms with E-state index in [4.69, 9.17) is 0 Å². The Hall–Kier alpha value is -0.440. The molecule has 0 aromatic heterocycles. The summed E-state index contributed by atoms with van der Waals surface area (Å²) in [7, 11) is 0. The third-order valence-electron chi connectivity index (χ3n) is 3.66. The maximum atomic E-state index is 13.4. The fourth-order valence-corrected chi connectivity index (χ4v) is 1.73. The summed E-state index contributed by atoms with van der Waals surface area (Å²) >= 11 is 0. The van der Waals surface area contributed by atoms with Crippen LogP contribution in [0.25, 0.3) is 0 Å². The van der Waals surface area contributed by atoms with Crippen LogP contribution >= 0.6 is 0 Å². The van der Waals surface area contributed by atoms with E-state index in [-0.39, 0.29) is 30.8 Å². The molecule has 0 bridgehead atoms. The second-order valence-electron chi connectivity index (χ2n) is 5.96. The van der Waals surface area contributed by atoms with Crippen molar-refractivity contribution in [3.8, 4) is 0 Å². The van der Waals surface area contributed by atoms with Crippen LogP contribution in [0.3, 0.4) is 0 Å².